The summed E-state index contributed by atoms with van der Waals surface area (Å²) in [6.07, 6.45) is 0.911. The van der Waals surface area contributed by atoms with E-state index in [1.807, 2.05) is 0 Å². The molecule has 1 aliphatic carbocycles. The van der Waals surface area contributed by atoms with Gasteiger partial charge in [0.1, 0.15) is 0 Å². The van der Waals surface area contributed by atoms with E-state index in [0.717, 1.165) is 12.8 Å². The molecule has 1 fully saturated rings. The van der Waals surface area contributed by atoms with Crippen LogP contribution >= 0.6 is 0 Å². The molecule has 2 unspecified atom stereocenters. The zero-order valence-electron chi connectivity index (χ0n) is 8.44. The molecule has 0 heterocycles. The van der Waals surface area contributed by atoms with Gasteiger partial charge in [-0.1, -0.05) is 19.8 Å². The van der Waals surface area contributed by atoms with Crippen LogP contribution in [0.2, 0.25) is 0 Å². The number of hydrogen-bond donors (Lipinski definition) is 3. The topological polar surface area (TPSA) is 77.8 Å². The van der Waals surface area contributed by atoms with Gasteiger partial charge in [-0.3, -0.25) is 4.79 Å². The lowest BCUT2D eigenvalue weighted by Gasteiger charge is -2.32. The number of rotatable bonds is 4. The Morgan fingerprint density at radius 1 is 1.36 bits per heavy atom. The van der Waals surface area contributed by atoms with Crippen molar-refractivity contribution in [2.75, 3.05) is 0 Å². The highest BCUT2D eigenvalue weighted by molar-refractivity contribution is 5.76. The fourth-order valence-electron chi connectivity index (χ4n) is 2.23. The van der Waals surface area contributed by atoms with Gasteiger partial charge in [-0.05, 0) is 19.3 Å². The van der Waals surface area contributed by atoms with Gasteiger partial charge in [0.25, 0.3) is 0 Å². The van der Waals surface area contributed by atoms with Gasteiger partial charge in [-0.2, -0.15) is 0 Å². The lowest BCUT2D eigenvalue weighted by molar-refractivity contribution is -0.162. The van der Waals surface area contributed by atoms with Crippen LogP contribution in [0.15, 0.2) is 0 Å². The Hall–Kier alpha value is -0.610. The Balaban J connectivity index is 2.82. The molecule has 0 bridgehead atoms. The standard InChI is InChI=1S/C10H18O4/c1-2-7(11)8(12)10(9(13)14)5-3-4-6-10/h7-8,11-12H,2-6H2,1H3,(H,13,14). The summed E-state index contributed by atoms with van der Waals surface area (Å²) < 4.78 is 0. The van der Waals surface area contributed by atoms with Gasteiger partial charge in [0.15, 0.2) is 0 Å². The van der Waals surface area contributed by atoms with E-state index in [4.69, 9.17) is 5.11 Å². The van der Waals surface area contributed by atoms with E-state index in [1.165, 1.54) is 0 Å². The van der Waals surface area contributed by atoms with Gasteiger partial charge in [0.2, 0.25) is 0 Å². The first-order valence-corrected chi connectivity index (χ1v) is 5.14. The molecule has 82 valence electrons. The third kappa shape index (κ3) is 1.77. The summed E-state index contributed by atoms with van der Waals surface area (Å²) in [6.45, 7) is 1.73. The molecular weight excluding hydrogens is 184 g/mol. The first-order chi connectivity index (χ1) is 6.54. The normalized spacial score (nSPS) is 24.5. The number of aliphatic carboxylic acids is 1. The second-order valence-corrected chi connectivity index (χ2v) is 4.09. The van der Waals surface area contributed by atoms with Gasteiger partial charge in [-0.15, -0.1) is 0 Å². The zero-order valence-corrected chi connectivity index (χ0v) is 8.44. The van der Waals surface area contributed by atoms with Crippen molar-refractivity contribution in [2.24, 2.45) is 5.41 Å². The smallest absolute Gasteiger partial charge is 0.312 e. The van der Waals surface area contributed by atoms with Gasteiger partial charge in [0.05, 0.1) is 17.6 Å². The largest absolute Gasteiger partial charge is 0.481 e. The Morgan fingerprint density at radius 3 is 2.21 bits per heavy atom. The molecule has 0 amide bonds. The van der Waals surface area contributed by atoms with Crippen molar-refractivity contribution in [1.82, 2.24) is 0 Å². The van der Waals surface area contributed by atoms with Crippen molar-refractivity contribution >= 4 is 5.97 Å². The van der Waals surface area contributed by atoms with Crippen molar-refractivity contribution in [3.63, 3.8) is 0 Å². The van der Waals surface area contributed by atoms with Crippen molar-refractivity contribution in [1.29, 1.82) is 0 Å². The molecule has 0 aliphatic heterocycles. The maximum absolute atomic E-state index is 11.1. The Labute approximate surface area is 83.6 Å². The second kappa shape index (κ2) is 4.28. The van der Waals surface area contributed by atoms with Gasteiger partial charge < -0.3 is 15.3 Å². The molecule has 1 aliphatic rings. The molecule has 0 aromatic heterocycles. The van der Waals surface area contributed by atoms with Gasteiger partial charge >= 0.3 is 5.97 Å². The molecule has 14 heavy (non-hydrogen) atoms. The van der Waals surface area contributed by atoms with Crippen LogP contribution in [0.1, 0.15) is 39.0 Å². The fraction of sp³-hybridized carbons (Fsp3) is 0.900. The highest BCUT2D eigenvalue weighted by atomic mass is 16.4. The number of carboxylic acids is 1. The summed E-state index contributed by atoms with van der Waals surface area (Å²) in [5.74, 6) is -0.977. The van der Waals surface area contributed by atoms with Gasteiger partial charge in [0, 0.05) is 0 Å². The first-order valence-electron chi connectivity index (χ1n) is 5.14. The van der Waals surface area contributed by atoms with E-state index in [2.05, 4.69) is 0 Å². The SMILES string of the molecule is CCC(O)C(O)C1(C(=O)O)CCCC1. The predicted molar refractivity (Wildman–Crippen MR) is 50.8 cm³/mol. The van der Waals surface area contributed by atoms with Crippen LogP contribution < -0.4 is 0 Å². The average molecular weight is 202 g/mol. The summed E-state index contributed by atoms with van der Waals surface area (Å²) in [5.41, 5.74) is -1.10. The molecule has 2 atom stereocenters. The summed E-state index contributed by atoms with van der Waals surface area (Å²) in [5, 5.41) is 28.4. The van der Waals surface area contributed by atoms with E-state index < -0.39 is 23.6 Å². The fourth-order valence-corrected chi connectivity index (χ4v) is 2.23. The summed E-state index contributed by atoms with van der Waals surface area (Å²) in [7, 11) is 0. The zero-order chi connectivity index (χ0) is 10.8. The predicted octanol–water partition coefficient (Wildman–Crippen LogP) is 0.763. The summed E-state index contributed by atoms with van der Waals surface area (Å²) >= 11 is 0. The maximum Gasteiger partial charge on any atom is 0.312 e. The third-order valence-corrected chi connectivity index (χ3v) is 3.27. The molecule has 0 aromatic rings. The second-order valence-electron chi connectivity index (χ2n) is 4.09. The van der Waals surface area contributed by atoms with Crippen LogP contribution in [0.5, 0.6) is 0 Å². The minimum atomic E-state index is -1.13. The van der Waals surface area contributed by atoms with Crippen LogP contribution in [-0.4, -0.2) is 33.5 Å². The number of carboxylic acid groups (broad SMARTS) is 1. The Morgan fingerprint density at radius 2 is 1.86 bits per heavy atom. The average Bonchev–Trinajstić information content (AvgIpc) is 2.65. The Bertz CT molecular complexity index is 208. The highest BCUT2D eigenvalue weighted by Crippen LogP contribution is 2.42. The van der Waals surface area contributed by atoms with Gasteiger partial charge in [-0.25, -0.2) is 0 Å². The van der Waals surface area contributed by atoms with E-state index in [-0.39, 0.29) is 0 Å². The molecule has 1 saturated carbocycles. The number of carbonyl (C=O) groups is 1. The quantitative estimate of drug-likeness (QED) is 0.629. The molecule has 0 spiro atoms. The van der Waals surface area contributed by atoms with Crippen LogP contribution in [-0.2, 0) is 4.79 Å². The lowest BCUT2D eigenvalue weighted by atomic mass is 9.77. The lowest BCUT2D eigenvalue weighted by Crippen LogP contribution is -2.46. The van der Waals surface area contributed by atoms with E-state index >= 15 is 0 Å². The third-order valence-electron chi connectivity index (χ3n) is 3.27. The number of hydrogen-bond acceptors (Lipinski definition) is 3. The van der Waals surface area contributed by atoms with Crippen LogP contribution in [0, 0.1) is 5.41 Å². The number of aliphatic hydroxyl groups excluding tert-OH is 2. The molecule has 0 radical (unpaired) electrons. The van der Waals surface area contributed by atoms with E-state index in [1.54, 1.807) is 6.92 Å². The minimum Gasteiger partial charge on any atom is -0.481 e. The van der Waals surface area contributed by atoms with Crippen molar-refractivity contribution in [2.45, 2.75) is 51.2 Å². The molecule has 1 rings (SSSR count). The molecule has 0 aromatic carbocycles. The molecule has 4 heteroatoms. The number of aliphatic hydroxyl groups is 2. The monoisotopic (exact) mass is 202 g/mol. The van der Waals surface area contributed by atoms with Crippen LogP contribution in [0.3, 0.4) is 0 Å². The molecule has 0 saturated heterocycles. The van der Waals surface area contributed by atoms with Crippen molar-refractivity contribution < 1.29 is 20.1 Å². The summed E-state index contributed by atoms with van der Waals surface area (Å²) in [4.78, 5) is 11.1. The maximum atomic E-state index is 11.1. The highest BCUT2D eigenvalue weighted by Gasteiger charge is 2.49. The van der Waals surface area contributed by atoms with E-state index in [0.29, 0.717) is 19.3 Å². The van der Waals surface area contributed by atoms with Crippen LogP contribution in [0.25, 0.3) is 0 Å². The Kier molecular flexibility index (Phi) is 3.50. The van der Waals surface area contributed by atoms with Crippen molar-refractivity contribution in [3.8, 4) is 0 Å². The minimum absolute atomic E-state index is 0.385. The molecule has 4 nitrogen and oxygen atoms in total. The van der Waals surface area contributed by atoms with Crippen LogP contribution in [0.4, 0.5) is 0 Å². The van der Waals surface area contributed by atoms with E-state index in [9.17, 15) is 15.0 Å². The van der Waals surface area contributed by atoms with Crippen molar-refractivity contribution in [3.05, 3.63) is 0 Å². The molecular formula is C10H18O4. The first kappa shape index (κ1) is 11.5. The summed E-state index contributed by atoms with van der Waals surface area (Å²) in [6, 6.07) is 0. The molecule has 3 N–H and O–H groups in total.